The Morgan fingerprint density at radius 3 is 2.60 bits per heavy atom. The first-order valence-corrected chi connectivity index (χ1v) is 5.09. The van der Waals surface area contributed by atoms with Gasteiger partial charge in [0.25, 0.3) is 0 Å². The highest BCUT2D eigenvalue weighted by molar-refractivity contribution is 5.21. The summed E-state index contributed by atoms with van der Waals surface area (Å²) in [5.41, 5.74) is 3.72. The number of aromatic amines is 1. The highest BCUT2D eigenvalue weighted by Gasteiger charge is 1.94. The molecule has 0 bridgehead atoms. The molecule has 0 fully saturated rings. The maximum Gasteiger partial charge on any atom is 0.0490 e. The van der Waals surface area contributed by atoms with E-state index in [0.717, 1.165) is 18.8 Å². The monoisotopic (exact) mass is 201 g/mol. The van der Waals surface area contributed by atoms with E-state index < -0.39 is 0 Å². The van der Waals surface area contributed by atoms with Gasteiger partial charge in [-0.25, -0.2) is 0 Å². The molecule has 0 saturated heterocycles. The molecule has 2 N–H and O–H groups in total. The normalized spacial score (nSPS) is 10.5. The van der Waals surface area contributed by atoms with Crippen molar-refractivity contribution in [3.8, 4) is 0 Å². The van der Waals surface area contributed by atoms with Crippen LogP contribution in [0.2, 0.25) is 0 Å². The van der Waals surface area contributed by atoms with Gasteiger partial charge in [-0.05, 0) is 18.6 Å². The Bertz CT molecular complexity index is 389. The van der Waals surface area contributed by atoms with E-state index in [1.54, 1.807) is 6.20 Å². The fourth-order valence-electron chi connectivity index (χ4n) is 1.43. The van der Waals surface area contributed by atoms with E-state index in [4.69, 9.17) is 0 Å². The number of aromatic nitrogens is 2. The van der Waals surface area contributed by atoms with Gasteiger partial charge < -0.3 is 5.32 Å². The Morgan fingerprint density at radius 2 is 1.93 bits per heavy atom. The molecule has 78 valence electrons. The van der Waals surface area contributed by atoms with Gasteiger partial charge in [0.2, 0.25) is 0 Å². The molecule has 2 rings (SSSR count). The van der Waals surface area contributed by atoms with Gasteiger partial charge >= 0.3 is 0 Å². The van der Waals surface area contributed by atoms with Crippen LogP contribution in [0, 0.1) is 6.92 Å². The summed E-state index contributed by atoms with van der Waals surface area (Å²) in [6, 6.07) is 10.5. The quantitative estimate of drug-likeness (QED) is 0.794. The summed E-state index contributed by atoms with van der Waals surface area (Å²) >= 11 is 0. The van der Waals surface area contributed by atoms with Crippen LogP contribution >= 0.6 is 0 Å². The number of hydrogen-bond donors (Lipinski definition) is 2. The van der Waals surface area contributed by atoms with Crippen molar-refractivity contribution in [2.45, 2.75) is 20.0 Å². The number of nitrogens with zero attached hydrogens (tertiary/aromatic N) is 1. The summed E-state index contributed by atoms with van der Waals surface area (Å²) in [5.74, 6) is 0. The molecule has 0 aliphatic heterocycles. The number of benzene rings is 1. The first kappa shape index (κ1) is 9.93. The molecule has 0 spiro atoms. The number of H-pyrrole nitrogens is 1. The van der Waals surface area contributed by atoms with Crippen LogP contribution in [-0.2, 0) is 13.1 Å². The maximum absolute atomic E-state index is 3.89. The van der Waals surface area contributed by atoms with Crippen molar-refractivity contribution in [2.24, 2.45) is 0 Å². The van der Waals surface area contributed by atoms with Crippen LogP contribution < -0.4 is 5.32 Å². The maximum atomic E-state index is 3.89. The molecule has 15 heavy (non-hydrogen) atoms. The van der Waals surface area contributed by atoms with Crippen LogP contribution in [0.25, 0.3) is 0 Å². The second-order valence-electron chi connectivity index (χ2n) is 3.67. The Morgan fingerprint density at radius 1 is 1.13 bits per heavy atom. The van der Waals surface area contributed by atoms with Crippen molar-refractivity contribution < 1.29 is 0 Å². The van der Waals surface area contributed by atoms with Crippen molar-refractivity contribution >= 4 is 0 Å². The lowest BCUT2D eigenvalue weighted by atomic mass is 10.1. The SMILES string of the molecule is Cc1ccc(CNCc2ccn[nH]2)cc1. The van der Waals surface area contributed by atoms with Gasteiger partial charge in [0.05, 0.1) is 0 Å². The average Bonchev–Trinajstić information content (AvgIpc) is 2.74. The summed E-state index contributed by atoms with van der Waals surface area (Å²) in [6.07, 6.45) is 1.77. The topological polar surface area (TPSA) is 40.7 Å². The van der Waals surface area contributed by atoms with Gasteiger partial charge in [0.15, 0.2) is 0 Å². The van der Waals surface area contributed by atoms with E-state index in [0.29, 0.717) is 0 Å². The standard InChI is InChI=1S/C12H15N3/c1-10-2-4-11(5-3-10)8-13-9-12-6-7-14-15-12/h2-7,13H,8-9H2,1H3,(H,14,15). The highest BCUT2D eigenvalue weighted by Crippen LogP contribution is 2.02. The van der Waals surface area contributed by atoms with E-state index in [-0.39, 0.29) is 0 Å². The smallest absolute Gasteiger partial charge is 0.0490 e. The minimum absolute atomic E-state index is 0.827. The van der Waals surface area contributed by atoms with Crippen LogP contribution in [0.1, 0.15) is 16.8 Å². The lowest BCUT2D eigenvalue weighted by Crippen LogP contribution is -2.12. The minimum Gasteiger partial charge on any atom is -0.307 e. The van der Waals surface area contributed by atoms with Gasteiger partial charge in [-0.2, -0.15) is 5.10 Å². The fourth-order valence-corrected chi connectivity index (χ4v) is 1.43. The number of nitrogens with one attached hydrogen (secondary N) is 2. The molecule has 3 heteroatoms. The molecule has 0 aliphatic carbocycles. The zero-order valence-corrected chi connectivity index (χ0v) is 8.83. The number of hydrogen-bond acceptors (Lipinski definition) is 2. The van der Waals surface area contributed by atoms with E-state index in [1.807, 2.05) is 6.07 Å². The average molecular weight is 201 g/mol. The molecule has 3 nitrogen and oxygen atoms in total. The van der Waals surface area contributed by atoms with Gasteiger partial charge in [-0.1, -0.05) is 29.8 Å². The van der Waals surface area contributed by atoms with E-state index in [9.17, 15) is 0 Å². The molecule has 0 saturated carbocycles. The molecule has 0 atom stereocenters. The van der Waals surface area contributed by atoms with Crippen LogP contribution in [0.5, 0.6) is 0 Å². The third kappa shape index (κ3) is 2.92. The van der Waals surface area contributed by atoms with Crippen molar-refractivity contribution in [2.75, 3.05) is 0 Å². The second-order valence-corrected chi connectivity index (χ2v) is 3.67. The van der Waals surface area contributed by atoms with Crippen LogP contribution in [0.3, 0.4) is 0 Å². The summed E-state index contributed by atoms with van der Waals surface area (Å²) in [6.45, 7) is 3.81. The predicted molar refractivity (Wildman–Crippen MR) is 60.3 cm³/mol. The van der Waals surface area contributed by atoms with Crippen molar-refractivity contribution in [3.63, 3.8) is 0 Å². The van der Waals surface area contributed by atoms with E-state index in [1.165, 1.54) is 11.1 Å². The molecular weight excluding hydrogens is 186 g/mol. The molecule has 0 aliphatic rings. The highest BCUT2D eigenvalue weighted by atomic mass is 15.1. The molecule has 0 amide bonds. The zero-order valence-electron chi connectivity index (χ0n) is 8.83. The Labute approximate surface area is 89.5 Å². The Hall–Kier alpha value is -1.61. The van der Waals surface area contributed by atoms with Crippen LogP contribution in [0.15, 0.2) is 36.5 Å². The summed E-state index contributed by atoms with van der Waals surface area (Å²) in [7, 11) is 0. The first-order valence-electron chi connectivity index (χ1n) is 5.09. The van der Waals surface area contributed by atoms with Gasteiger partial charge in [-0.15, -0.1) is 0 Å². The molecule has 0 unspecified atom stereocenters. The first-order chi connectivity index (χ1) is 7.34. The summed E-state index contributed by atoms with van der Waals surface area (Å²) in [4.78, 5) is 0. The minimum atomic E-state index is 0.827. The third-order valence-electron chi connectivity index (χ3n) is 2.32. The largest absolute Gasteiger partial charge is 0.307 e. The number of rotatable bonds is 4. The molecular formula is C12H15N3. The molecule has 1 aromatic carbocycles. The summed E-state index contributed by atoms with van der Waals surface area (Å²) in [5, 5.41) is 10.2. The Balaban J connectivity index is 1.81. The Kier molecular flexibility index (Phi) is 3.15. The van der Waals surface area contributed by atoms with Crippen LogP contribution in [-0.4, -0.2) is 10.2 Å². The molecule has 1 aromatic heterocycles. The molecule has 1 heterocycles. The zero-order chi connectivity index (χ0) is 10.5. The van der Waals surface area contributed by atoms with Crippen molar-refractivity contribution in [1.82, 2.24) is 15.5 Å². The number of aryl methyl sites for hydroxylation is 1. The fraction of sp³-hybridized carbons (Fsp3) is 0.250. The molecule has 0 radical (unpaired) electrons. The lowest BCUT2D eigenvalue weighted by molar-refractivity contribution is 0.677. The van der Waals surface area contributed by atoms with Crippen molar-refractivity contribution in [1.29, 1.82) is 0 Å². The van der Waals surface area contributed by atoms with E-state index in [2.05, 4.69) is 46.7 Å². The molecule has 2 aromatic rings. The summed E-state index contributed by atoms with van der Waals surface area (Å²) < 4.78 is 0. The van der Waals surface area contributed by atoms with Gasteiger partial charge in [0.1, 0.15) is 0 Å². The second kappa shape index (κ2) is 4.75. The predicted octanol–water partition coefficient (Wildman–Crippen LogP) is 2.01. The lowest BCUT2D eigenvalue weighted by Gasteiger charge is -2.03. The third-order valence-corrected chi connectivity index (χ3v) is 2.32. The van der Waals surface area contributed by atoms with Gasteiger partial charge in [0, 0.05) is 25.0 Å². The van der Waals surface area contributed by atoms with Crippen molar-refractivity contribution in [3.05, 3.63) is 53.3 Å². The van der Waals surface area contributed by atoms with Crippen LogP contribution in [0.4, 0.5) is 0 Å². The van der Waals surface area contributed by atoms with Gasteiger partial charge in [-0.3, -0.25) is 5.10 Å². The van der Waals surface area contributed by atoms with E-state index >= 15 is 0 Å².